The van der Waals surface area contributed by atoms with Crippen LogP contribution in [0.5, 0.6) is 0 Å². The molecule has 10 heteroatoms. The Balaban J connectivity index is 1.62. The van der Waals surface area contributed by atoms with Crippen LogP contribution in [-0.2, 0) is 23.3 Å². The molecule has 0 amide bonds. The topological polar surface area (TPSA) is 97.1 Å². The lowest BCUT2D eigenvalue weighted by Crippen LogP contribution is -2.35. The number of benzene rings is 2. The van der Waals surface area contributed by atoms with E-state index in [0.29, 0.717) is 0 Å². The Morgan fingerprint density at radius 1 is 0.923 bits per heavy atom. The van der Waals surface area contributed by atoms with Crippen molar-refractivity contribution in [1.29, 1.82) is 0 Å². The molecule has 0 saturated heterocycles. The summed E-state index contributed by atoms with van der Waals surface area (Å²) in [5.41, 5.74) is 0.325. The van der Waals surface area contributed by atoms with Crippen LogP contribution < -0.4 is 9.44 Å². The minimum absolute atomic E-state index is 0.0623. The maximum atomic E-state index is 13.7. The van der Waals surface area contributed by atoms with E-state index in [4.69, 9.17) is 4.52 Å². The van der Waals surface area contributed by atoms with Crippen LogP contribution in [-0.4, -0.2) is 18.6 Å². The van der Waals surface area contributed by atoms with E-state index in [-0.39, 0.29) is 24.8 Å². The molecular formula is C16H14F2N4O3S. The van der Waals surface area contributed by atoms with Crippen molar-refractivity contribution in [2.45, 2.75) is 13.1 Å². The van der Waals surface area contributed by atoms with E-state index in [9.17, 15) is 17.2 Å². The molecule has 1 heterocycles. The fraction of sp³-hybridized carbons (Fsp3) is 0.125. The molecule has 0 aliphatic heterocycles. The van der Waals surface area contributed by atoms with Crippen LogP contribution in [0.3, 0.4) is 0 Å². The second-order valence-electron chi connectivity index (χ2n) is 5.24. The largest absolute Gasteiger partial charge is 0.334 e. The van der Waals surface area contributed by atoms with E-state index in [0.717, 1.165) is 17.7 Å². The second-order valence-corrected chi connectivity index (χ2v) is 6.83. The SMILES string of the molecule is O=S(=O)(NCc1ccccc1)NCc1noc(-c2c(F)cccc2F)n1. The van der Waals surface area contributed by atoms with Crippen LogP contribution in [0.1, 0.15) is 11.4 Å². The third-order valence-electron chi connectivity index (χ3n) is 3.37. The quantitative estimate of drug-likeness (QED) is 0.655. The number of hydrogen-bond donors (Lipinski definition) is 2. The number of nitrogens with one attached hydrogen (secondary N) is 2. The van der Waals surface area contributed by atoms with Crippen molar-refractivity contribution in [2.75, 3.05) is 0 Å². The molecule has 136 valence electrons. The van der Waals surface area contributed by atoms with Gasteiger partial charge in [-0.1, -0.05) is 41.6 Å². The molecule has 0 spiro atoms. The Hall–Kier alpha value is -2.69. The molecule has 0 unspecified atom stereocenters. The van der Waals surface area contributed by atoms with E-state index < -0.39 is 27.4 Å². The monoisotopic (exact) mass is 380 g/mol. The molecule has 0 saturated carbocycles. The highest BCUT2D eigenvalue weighted by atomic mass is 32.2. The average molecular weight is 380 g/mol. The fourth-order valence-electron chi connectivity index (χ4n) is 2.11. The molecule has 0 aliphatic rings. The molecule has 3 rings (SSSR count). The molecular weight excluding hydrogens is 366 g/mol. The first kappa shape index (κ1) is 18.1. The Kier molecular flexibility index (Phi) is 5.35. The normalized spacial score (nSPS) is 11.6. The highest BCUT2D eigenvalue weighted by Crippen LogP contribution is 2.24. The van der Waals surface area contributed by atoms with Crippen molar-refractivity contribution in [3.05, 3.63) is 71.6 Å². The Bertz CT molecular complexity index is 973. The van der Waals surface area contributed by atoms with Crippen LogP contribution in [0.25, 0.3) is 11.5 Å². The van der Waals surface area contributed by atoms with Gasteiger partial charge in [-0.3, -0.25) is 0 Å². The van der Waals surface area contributed by atoms with Gasteiger partial charge in [-0.15, -0.1) is 0 Å². The molecule has 0 atom stereocenters. The van der Waals surface area contributed by atoms with Crippen LogP contribution in [0.4, 0.5) is 8.78 Å². The third-order valence-corrected chi connectivity index (χ3v) is 4.42. The van der Waals surface area contributed by atoms with Gasteiger partial charge in [0.05, 0.1) is 6.54 Å². The second kappa shape index (κ2) is 7.68. The first-order chi connectivity index (χ1) is 12.4. The van der Waals surface area contributed by atoms with Gasteiger partial charge in [-0.05, 0) is 17.7 Å². The molecule has 0 bridgehead atoms. The lowest BCUT2D eigenvalue weighted by molar-refractivity contribution is 0.416. The Morgan fingerprint density at radius 2 is 1.58 bits per heavy atom. The number of aromatic nitrogens is 2. The van der Waals surface area contributed by atoms with Gasteiger partial charge < -0.3 is 4.52 Å². The van der Waals surface area contributed by atoms with Crippen LogP contribution in [0, 0.1) is 11.6 Å². The van der Waals surface area contributed by atoms with Gasteiger partial charge in [-0.2, -0.15) is 22.8 Å². The van der Waals surface area contributed by atoms with Crippen molar-refractivity contribution in [3.8, 4) is 11.5 Å². The summed E-state index contributed by atoms with van der Waals surface area (Å²) in [7, 11) is -3.82. The number of rotatable bonds is 7. The lowest BCUT2D eigenvalue weighted by Gasteiger charge is -2.06. The molecule has 0 aliphatic carbocycles. The average Bonchev–Trinajstić information content (AvgIpc) is 3.08. The molecule has 1 aromatic heterocycles. The van der Waals surface area contributed by atoms with Gasteiger partial charge in [0.2, 0.25) is 0 Å². The maximum Gasteiger partial charge on any atom is 0.277 e. The van der Waals surface area contributed by atoms with Gasteiger partial charge in [0.1, 0.15) is 17.2 Å². The van der Waals surface area contributed by atoms with Crippen molar-refractivity contribution in [1.82, 2.24) is 19.6 Å². The van der Waals surface area contributed by atoms with Gasteiger partial charge in [-0.25, -0.2) is 8.78 Å². The first-order valence-electron chi connectivity index (χ1n) is 7.50. The molecule has 2 N–H and O–H groups in total. The van der Waals surface area contributed by atoms with E-state index in [1.54, 1.807) is 24.3 Å². The summed E-state index contributed by atoms with van der Waals surface area (Å²) in [6, 6.07) is 12.3. The zero-order chi connectivity index (χ0) is 18.6. The van der Waals surface area contributed by atoms with E-state index in [2.05, 4.69) is 19.6 Å². The predicted molar refractivity (Wildman–Crippen MR) is 88.7 cm³/mol. The first-order valence-corrected chi connectivity index (χ1v) is 8.98. The highest BCUT2D eigenvalue weighted by Gasteiger charge is 2.19. The summed E-state index contributed by atoms with van der Waals surface area (Å²) in [5, 5.41) is 3.52. The molecule has 7 nitrogen and oxygen atoms in total. The van der Waals surface area contributed by atoms with Crippen molar-refractivity contribution in [3.63, 3.8) is 0 Å². The molecule has 0 fully saturated rings. The maximum absolute atomic E-state index is 13.7. The lowest BCUT2D eigenvalue weighted by atomic mass is 10.2. The number of hydrogen-bond acceptors (Lipinski definition) is 5. The van der Waals surface area contributed by atoms with Crippen molar-refractivity contribution in [2.24, 2.45) is 0 Å². The zero-order valence-electron chi connectivity index (χ0n) is 13.3. The summed E-state index contributed by atoms with van der Waals surface area (Å²) < 4.78 is 60.6. The highest BCUT2D eigenvalue weighted by molar-refractivity contribution is 7.87. The Labute approximate surface area is 148 Å². The summed E-state index contributed by atoms with van der Waals surface area (Å²) in [4.78, 5) is 3.81. The number of nitrogens with zero attached hydrogens (tertiary/aromatic N) is 2. The fourth-order valence-corrected chi connectivity index (χ4v) is 2.89. The molecule has 2 aromatic carbocycles. The van der Waals surface area contributed by atoms with Gasteiger partial charge in [0, 0.05) is 6.54 Å². The Morgan fingerprint density at radius 3 is 2.27 bits per heavy atom. The minimum Gasteiger partial charge on any atom is -0.334 e. The van der Waals surface area contributed by atoms with E-state index in [1.807, 2.05) is 6.07 Å². The van der Waals surface area contributed by atoms with Crippen LogP contribution >= 0.6 is 0 Å². The summed E-state index contributed by atoms with van der Waals surface area (Å²) in [5.74, 6) is -2.14. The van der Waals surface area contributed by atoms with Crippen LogP contribution in [0.2, 0.25) is 0 Å². The van der Waals surface area contributed by atoms with E-state index in [1.165, 1.54) is 6.07 Å². The van der Waals surface area contributed by atoms with Gasteiger partial charge in [0.15, 0.2) is 5.82 Å². The summed E-state index contributed by atoms with van der Waals surface area (Å²) in [6.45, 7) is -0.197. The van der Waals surface area contributed by atoms with Gasteiger partial charge >= 0.3 is 0 Å². The summed E-state index contributed by atoms with van der Waals surface area (Å²) in [6.07, 6.45) is 0. The molecule has 0 radical (unpaired) electrons. The standard InChI is InChI=1S/C16H14F2N4O3S/c17-12-7-4-8-13(18)15(12)16-21-14(22-25-16)10-20-26(23,24)19-9-11-5-2-1-3-6-11/h1-8,19-20H,9-10H2. The van der Waals surface area contributed by atoms with Crippen LogP contribution in [0.15, 0.2) is 53.1 Å². The summed E-state index contributed by atoms with van der Waals surface area (Å²) >= 11 is 0. The van der Waals surface area contributed by atoms with Crippen molar-refractivity contribution < 1.29 is 21.7 Å². The zero-order valence-corrected chi connectivity index (χ0v) is 14.1. The third kappa shape index (κ3) is 4.48. The van der Waals surface area contributed by atoms with Gasteiger partial charge in [0.25, 0.3) is 16.1 Å². The minimum atomic E-state index is -3.82. The molecule has 26 heavy (non-hydrogen) atoms. The van der Waals surface area contributed by atoms with E-state index >= 15 is 0 Å². The predicted octanol–water partition coefficient (Wildman–Crippen LogP) is 2.14. The smallest absolute Gasteiger partial charge is 0.277 e. The van der Waals surface area contributed by atoms with Crippen molar-refractivity contribution >= 4 is 10.2 Å². The molecule has 3 aromatic rings. The number of halogens is 2.